The molecule has 0 aromatic heterocycles. The van der Waals surface area contributed by atoms with E-state index < -0.39 is 0 Å². The van der Waals surface area contributed by atoms with Crippen LogP contribution in [0.15, 0.2) is 0 Å². The van der Waals surface area contributed by atoms with Gasteiger partial charge in [-0.2, -0.15) is 0 Å². The third kappa shape index (κ3) is 4.31. The highest BCUT2D eigenvalue weighted by atomic mass is 79.9. The van der Waals surface area contributed by atoms with Crippen LogP contribution in [0.2, 0.25) is 0 Å². The van der Waals surface area contributed by atoms with Crippen LogP contribution in [0.5, 0.6) is 0 Å². The lowest BCUT2D eigenvalue weighted by atomic mass is 9.89. The number of alkyl halides is 1. The third-order valence-electron chi connectivity index (χ3n) is 3.32. The van der Waals surface area contributed by atoms with Crippen LogP contribution < -0.4 is 0 Å². The Morgan fingerprint density at radius 2 is 1.86 bits per heavy atom. The normalized spacial score (nSPS) is 19.5. The summed E-state index contributed by atoms with van der Waals surface area (Å²) < 4.78 is 0. The van der Waals surface area contributed by atoms with Crippen LogP contribution >= 0.6 is 15.9 Å². The largest absolute Gasteiger partial charge is 0.300 e. The summed E-state index contributed by atoms with van der Waals surface area (Å²) in [7, 11) is 0. The van der Waals surface area contributed by atoms with Crippen LogP contribution in [0.1, 0.15) is 46.0 Å². The monoisotopic (exact) mass is 261 g/mol. The molecule has 0 aromatic rings. The average Bonchev–Trinajstić information content (AvgIpc) is 2.18. The highest BCUT2D eigenvalue weighted by molar-refractivity contribution is 9.09. The zero-order chi connectivity index (χ0) is 10.4. The van der Waals surface area contributed by atoms with Gasteiger partial charge in [0.1, 0.15) is 0 Å². The van der Waals surface area contributed by atoms with Gasteiger partial charge < -0.3 is 0 Å². The van der Waals surface area contributed by atoms with E-state index in [1.54, 1.807) is 0 Å². The highest BCUT2D eigenvalue weighted by Crippen LogP contribution is 2.24. The zero-order valence-corrected chi connectivity index (χ0v) is 11.2. The second-order valence-corrected chi connectivity index (χ2v) is 5.57. The second kappa shape index (κ2) is 6.84. The quantitative estimate of drug-likeness (QED) is 0.683. The molecule has 1 fully saturated rings. The van der Waals surface area contributed by atoms with Crippen molar-refractivity contribution in [3.8, 4) is 0 Å². The Morgan fingerprint density at radius 1 is 1.21 bits per heavy atom. The van der Waals surface area contributed by atoms with Gasteiger partial charge in [-0.1, -0.05) is 35.2 Å². The summed E-state index contributed by atoms with van der Waals surface area (Å²) in [5.74, 6) is 0.977. The summed E-state index contributed by atoms with van der Waals surface area (Å²) >= 11 is 3.54. The number of halogens is 1. The molecule has 0 spiro atoms. The summed E-state index contributed by atoms with van der Waals surface area (Å²) in [6.07, 6.45) is 7.32. The van der Waals surface area contributed by atoms with E-state index in [1.807, 2.05) is 0 Å². The third-order valence-corrected chi connectivity index (χ3v) is 3.67. The van der Waals surface area contributed by atoms with Crippen molar-refractivity contribution in [1.82, 2.24) is 4.90 Å². The molecular weight excluding hydrogens is 238 g/mol. The molecule has 0 aliphatic heterocycles. The maximum atomic E-state index is 3.54. The summed E-state index contributed by atoms with van der Waals surface area (Å²) in [5.41, 5.74) is 0. The Kier molecular flexibility index (Phi) is 6.11. The fourth-order valence-electron chi connectivity index (χ4n) is 2.37. The summed E-state index contributed by atoms with van der Waals surface area (Å²) in [6.45, 7) is 7.15. The Morgan fingerprint density at radius 3 is 2.36 bits per heavy atom. The molecule has 1 aliphatic carbocycles. The lowest BCUT2D eigenvalue weighted by Crippen LogP contribution is -2.37. The average molecular weight is 262 g/mol. The lowest BCUT2D eigenvalue weighted by molar-refractivity contribution is 0.175. The van der Waals surface area contributed by atoms with E-state index >= 15 is 0 Å². The number of hydrogen-bond donors (Lipinski definition) is 0. The molecular formula is C12H24BrN. The molecule has 1 aliphatic rings. The summed E-state index contributed by atoms with van der Waals surface area (Å²) in [4.78, 5) is 2.62. The van der Waals surface area contributed by atoms with Gasteiger partial charge in [-0.25, -0.2) is 0 Å². The molecule has 84 valence electrons. The Labute approximate surface area is 97.4 Å². The summed E-state index contributed by atoms with van der Waals surface area (Å²) in [6, 6.07) is 0.703. The molecule has 2 heteroatoms. The van der Waals surface area contributed by atoms with E-state index in [4.69, 9.17) is 0 Å². The fourth-order valence-corrected chi connectivity index (χ4v) is 2.83. The van der Waals surface area contributed by atoms with Gasteiger partial charge in [0.2, 0.25) is 0 Å². The maximum Gasteiger partial charge on any atom is 0.0159 e. The highest BCUT2D eigenvalue weighted by Gasteiger charge is 2.18. The molecule has 0 N–H and O–H groups in total. The molecule has 0 aromatic carbocycles. The van der Waals surface area contributed by atoms with Crippen LogP contribution in [-0.2, 0) is 0 Å². The van der Waals surface area contributed by atoms with Gasteiger partial charge in [0.15, 0.2) is 0 Å². The van der Waals surface area contributed by atoms with Gasteiger partial charge in [-0.15, -0.1) is 0 Å². The molecule has 0 radical (unpaired) electrons. The van der Waals surface area contributed by atoms with Gasteiger partial charge in [0, 0.05) is 24.5 Å². The van der Waals surface area contributed by atoms with Gasteiger partial charge in [0.05, 0.1) is 0 Å². The van der Waals surface area contributed by atoms with E-state index in [0.717, 1.165) is 11.2 Å². The molecule has 1 saturated carbocycles. The van der Waals surface area contributed by atoms with E-state index in [-0.39, 0.29) is 0 Å². The first-order valence-electron chi connectivity index (χ1n) is 6.04. The van der Waals surface area contributed by atoms with Crippen LogP contribution in [-0.4, -0.2) is 29.4 Å². The van der Waals surface area contributed by atoms with Crippen molar-refractivity contribution >= 4 is 15.9 Å². The topological polar surface area (TPSA) is 3.24 Å². The van der Waals surface area contributed by atoms with Crippen molar-refractivity contribution in [1.29, 1.82) is 0 Å². The van der Waals surface area contributed by atoms with Crippen LogP contribution in [0.3, 0.4) is 0 Å². The molecule has 0 saturated heterocycles. The van der Waals surface area contributed by atoms with Crippen molar-refractivity contribution in [3.63, 3.8) is 0 Å². The van der Waals surface area contributed by atoms with Crippen LogP contribution in [0, 0.1) is 5.92 Å². The zero-order valence-electron chi connectivity index (χ0n) is 9.64. The predicted molar refractivity (Wildman–Crippen MR) is 67.1 cm³/mol. The van der Waals surface area contributed by atoms with E-state index in [0.29, 0.717) is 6.04 Å². The number of hydrogen-bond acceptors (Lipinski definition) is 1. The van der Waals surface area contributed by atoms with Crippen molar-refractivity contribution in [2.24, 2.45) is 5.92 Å². The van der Waals surface area contributed by atoms with Crippen LogP contribution in [0.25, 0.3) is 0 Å². The molecule has 0 amide bonds. The minimum atomic E-state index is 0.703. The lowest BCUT2D eigenvalue weighted by Gasteiger charge is -2.32. The Bertz CT molecular complexity index is 141. The maximum absolute atomic E-state index is 3.54. The molecule has 14 heavy (non-hydrogen) atoms. The smallest absolute Gasteiger partial charge is 0.0159 e. The minimum absolute atomic E-state index is 0.703. The van der Waals surface area contributed by atoms with Crippen molar-refractivity contribution in [2.45, 2.75) is 52.0 Å². The van der Waals surface area contributed by atoms with Gasteiger partial charge in [-0.05, 0) is 32.6 Å². The van der Waals surface area contributed by atoms with Crippen molar-refractivity contribution in [3.05, 3.63) is 0 Å². The minimum Gasteiger partial charge on any atom is -0.300 e. The molecule has 0 atom stereocenters. The molecule has 0 heterocycles. The molecule has 0 unspecified atom stereocenters. The Balaban J connectivity index is 2.29. The van der Waals surface area contributed by atoms with E-state index in [9.17, 15) is 0 Å². The molecule has 0 bridgehead atoms. The fraction of sp³-hybridized carbons (Fsp3) is 1.00. The van der Waals surface area contributed by atoms with Gasteiger partial charge >= 0.3 is 0 Å². The first kappa shape index (κ1) is 12.5. The second-order valence-electron chi connectivity index (χ2n) is 4.78. The standard InChI is InChI=1S/C12H24BrN/c1-11(2)14(9-8-13)10-12-6-4-3-5-7-12/h11-12H,3-10H2,1-2H3. The number of nitrogens with zero attached hydrogens (tertiary/aromatic N) is 1. The van der Waals surface area contributed by atoms with E-state index in [1.165, 1.54) is 45.2 Å². The molecule has 1 nitrogen and oxygen atoms in total. The first-order chi connectivity index (χ1) is 6.74. The molecule has 1 rings (SSSR count). The SMILES string of the molecule is CC(C)N(CCBr)CC1CCCCC1. The number of rotatable bonds is 5. The van der Waals surface area contributed by atoms with Crippen LogP contribution in [0.4, 0.5) is 0 Å². The van der Waals surface area contributed by atoms with Gasteiger partial charge in [0.25, 0.3) is 0 Å². The van der Waals surface area contributed by atoms with E-state index in [2.05, 4.69) is 34.7 Å². The predicted octanol–water partition coefficient (Wildman–Crippen LogP) is 3.67. The Hall–Kier alpha value is 0.440. The van der Waals surface area contributed by atoms with Crippen molar-refractivity contribution < 1.29 is 0 Å². The first-order valence-corrected chi connectivity index (χ1v) is 7.16. The summed E-state index contributed by atoms with van der Waals surface area (Å²) in [5, 5.41) is 1.11. The van der Waals surface area contributed by atoms with Gasteiger partial charge in [-0.3, -0.25) is 4.90 Å². The van der Waals surface area contributed by atoms with Crippen molar-refractivity contribution in [2.75, 3.05) is 18.4 Å².